The first-order valence-corrected chi connectivity index (χ1v) is 5.20. The summed E-state index contributed by atoms with van der Waals surface area (Å²) in [5, 5.41) is 9.47. The Morgan fingerprint density at radius 2 is 2.38 bits per heavy atom. The van der Waals surface area contributed by atoms with Gasteiger partial charge in [-0.3, -0.25) is 4.90 Å². The van der Waals surface area contributed by atoms with Gasteiger partial charge in [0.15, 0.2) is 0 Å². The summed E-state index contributed by atoms with van der Waals surface area (Å²) >= 11 is 5.00. The maximum atomic E-state index is 9.47. The Morgan fingerprint density at radius 1 is 1.77 bits per heavy atom. The first-order valence-electron chi connectivity index (χ1n) is 4.79. The molecule has 1 aliphatic heterocycles. The van der Waals surface area contributed by atoms with E-state index in [4.69, 9.17) is 18.0 Å². The average Bonchev–Trinajstić information content (AvgIpc) is 2.31. The van der Waals surface area contributed by atoms with E-state index in [0.29, 0.717) is 17.6 Å². The second kappa shape index (κ2) is 4.35. The lowest BCUT2D eigenvalue weighted by molar-refractivity contribution is 0.166. The van der Waals surface area contributed by atoms with Crippen molar-refractivity contribution < 1.29 is 5.11 Å². The van der Waals surface area contributed by atoms with Gasteiger partial charge < -0.3 is 10.8 Å². The molecule has 0 aromatic heterocycles. The van der Waals surface area contributed by atoms with Crippen LogP contribution in [-0.4, -0.2) is 39.7 Å². The summed E-state index contributed by atoms with van der Waals surface area (Å²) in [5.74, 6) is 0. The van der Waals surface area contributed by atoms with E-state index in [0.717, 1.165) is 12.8 Å². The third kappa shape index (κ3) is 2.39. The van der Waals surface area contributed by atoms with Gasteiger partial charge in [0.25, 0.3) is 0 Å². The van der Waals surface area contributed by atoms with Gasteiger partial charge in [-0.2, -0.15) is 0 Å². The minimum absolute atomic E-state index is 0.155. The molecule has 4 heteroatoms. The van der Waals surface area contributed by atoms with E-state index >= 15 is 0 Å². The van der Waals surface area contributed by atoms with Crippen LogP contribution in [0, 0.1) is 0 Å². The molecule has 0 aromatic carbocycles. The Labute approximate surface area is 84.9 Å². The molecule has 0 spiro atoms. The van der Waals surface area contributed by atoms with Crippen molar-refractivity contribution in [2.45, 2.75) is 44.9 Å². The second-order valence-corrected chi connectivity index (χ2v) is 4.23. The van der Waals surface area contributed by atoms with Crippen molar-refractivity contribution in [3.8, 4) is 0 Å². The quantitative estimate of drug-likeness (QED) is 0.655. The standard InChI is InChI=1S/C9H18N2OS/c1-3-8(9(10)13)11-5-7(12)4-6(11)2/h6-8,12H,3-5H2,1-2H3,(H2,10,13). The largest absolute Gasteiger partial charge is 0.392 e. The smallest absolute Gasteiger partial charge is 0.0902 e. The number of aliphatic hydroxyl groups is 1. The van der Waals surface area contributed by atoms with Gasteiger partial charge in [0.2, 0.25) is 0 Å². The third-order valence-electron chi connectivity index (χ3n) is 2.72. The minimum Gasteiger partial charge on any atom is -0.392 e. The van der Waals surface area contributed by atoms with E-state index in [2.05, 4.69) is 18.7 Å². The fourth-order valence-electron chi connectivity index (χ4n) is 2.06. The maximum Gasteiger partial charge on any atom is 0.0902 e. The van der Waals surface area contributed by atoms with E-state index in [1.807, 2.05) is 0 Å². The molecular formula is C9H18N2OS. The van der Waals surface area contributed by atoms with Gasteiger partial charge in [-0.1, -0.05) is 19.1 Å². The zero-order chi connectivity index (χ0) is 10.0. The highest BCUT2D eigenvalue weighted by Crippen LogP contribution is 2.21. The number of thiocarbonyl (C=S) groups is 1. The summed E-state index contributed by atoms with van der Waals surface area (Å²) in [6.45, 7) is 4.88. The molecule has 3 unspecified atom stereocenters. The number of aliphatic hydroxyl groups excluding tert-OH is 1. The summed E-state index contributed by atoms with van der Waals surface area (Å²) < 4.78 is 0. The van der Waals surface area contributed by atoms with Crippen LogP contribution in [0.3, 0.4) is 0 Å². The Bertz CT molecular complexity index is 198. The van der Waals surface area contributed by atoms with Gasteiger partial charge >= 0.3 is 0 Å². The van der Waals surface area contributed by atoms with E-state index < -0.39 is 0 Å². The van der Waals surface area contributed by atoms with E-state index in [1.165, 1.54) is 0 Å². The van der Waals surface area contributed by atoms with Crippen LogP contribution >= 0.6 is 12.2 Å². The Kier molecular flexibility index (Phi) is 3.64. The number of β-amino-alcohol motifs (C(OH)–C–C–N with tert-alkyl or cyclic N) is 1. The van der Waals surface area contributed by atoms with Crippen molar-refractivity contribution in [2.24, 2.45) is 5.73 Å². The van der Waals surface area contributed by atoms with Crippen LogP contribution in [0.1, 0.15) is 26.7 Å². The summed E-state index contributed by atoms with van der Waals surface area (Å²) in [6.07, 6.45) is 1.55. The van der Waals surface area contributed by atoms with Crippen molar-refractivity contribution >= 4 is 17.2 Å². The summed E-state index contributed by atoms with van der Waals surface area (Å²) in [6, 6.07) is 0.545. The molecule has 1 saturated heterocycles. The van der Waals surface area contributed by atoms with Gasteiger partial charge in [0.1, 0.15) is 0 Å². The Hall–Kier alpha value is -0.190. The molecule has 76 valence electrons. The number of rotatable bonds is 3. The first-order chi connectivity index (χ1) is 6.06. The number of hydrogen-bond donors (Lipinski definition) is 2. The molecule has 13 heavy (non-hydrogen) atoms. The van der Waals surface area contributed by atoms with Gasteiger partial charge in [-0.05, 0) is 19.8 Å². The molecule has 0 aromatic rings. The van der Waals surface area contributed by atoms with Crippen LogP contribution in [-0.2, 0) is 0 Å². The molecule has 3 nitrogen and oxygen atoms in total. The number of likely N-dealkylation sites (tertiary alicyclic amines) is 1. The molecular weight excluding hydrogens is 184 g/mol. The molecule has 0 bridgehead atoms. The summed E-state index contributed by atoms with van der Waals surface area (Å²) in [5.41, 5.74) is 5.64. The fourth-order valence-corrected chi connectivity index (χ4v) is 2.36. The van der Waals surface area contributed by atoms with Gasteiger partial charge in [-0.15, -0.1) is 0 Å². The van der Waals surface area contributed by atoms with E-state index in [1.54, 1.807) is 0 Å². The summed E-state index contributed by atoms with van der Waals surface area (Å²) in [4.78, 5) is 2.75. The highest BCUT2D eigenvalue weighted by molar-refractivity contribution is 7.80. The third-order valence-corrected chi connectivity index (χ3v) is 2.99. The lowest BCUT2D eigenvalue weighted by atomic mass is 10.1. The normalized spacial score (nSPS) is 31.9. The van der Waals surface area contributed by atoms with Crippen LogP contribution in [0.2, 0.25) is 0 Å². The van der Waals surface area contributed by atoms with E-state index in [9.17, 15) is 5.11 Å². The minimum atomic E-state index is -0.210. The highest BCUT2D eigenvalue weighted by atomic mass is 32.1. The number of nitrogens with zero attached hydrogens (tertiary/aromatic N) is 1. The molecule has 1 aliphatic rings. The van der Waals surface area contributed by atoms with Crippen LogP contribution in [0.15, 0.2) is 0 Å². The molecule has 0 radical (unpaired) electrons. The highest BCUT2D eigenvalue weighted by Gasteiger charge is 2.32. The molecule has 0 aliphatic carbocycles. The second-order valence-electron chi connectivity index (χ2n) is 3.76. The number of nitrogens with two attached hydrogens (primary N) is 1. The molecule has 1 fully saturated rings. The summed E-state index contributed by atoms with van der Waals surface area (Å²) in [7, 11) is 0. The van der Waals surface area contributed by atoms with Crippen molar-refractivity contribution in [1.82, 2.24) is 4.90 Å². The van der Waals surface area contributed by atoms with Crippen LogP contribution < -0.4 is 5.73 Å². The molecule has 0 amide bonds. The predicted octanol–water partition coefficient (Wildman–Crippen LogP) is 0.506. The zero-order valence-electron chi connectivity index (χ0n) is 8.23. The van der Waals surface area contributed by atoms with Gasteiger partial charge in [-0.25, -0.2) is 0 Å². The lowest BCUT2D eigenvalue weighted by Crippen LogP contribution is -2.45. The van der Waals surface area contributed by atoms with Crippen molar-refractivity contribution in [2.75, 3.05) is 6.54 Å². The fraction of sp³-hybridized carbons (Fsp3) is 0.889. The van der Waals surface area contributed by atoms with Crippen molar-refractivity contribution in [3.63, 3.8) is 0 Å². The number of hydrogen-bond acceptors (Lipinski definition) is 3. The maximum absolute atomic E-state index is 9.47. The predicted molar refractivity (Wildman–Crippen MR) is 57.7 cm³/mol. The molecule has 3 N–H and O–H groups in total. The van der Waals surface area contributed by atoms with Crippen LogP contribution in [0.5, 0.6) is 0 Å². The van der Waals surface area contributed by atoms with Crippen LogP contribution in [0.25, 0.3) is 0 Å². The zero-order valence-corrected chi connectivity index (χ0v) is 9.05. The SMILES string of the molecule is CCC(C(N)=S)N1CC(O)CC1C. The Balaban J connectivity index is 2.64. The molecule has 0 saturated carbocycles. The Morgan fingerprint density at radius 3 is 2.69 bits per heavy atom. The van der Waals surface area contributed by atoms with Crippen molar-refractivity contribution in [1.29, 1.82) is 0 Å². The molecule has 1 heterocycles. The van der Waals surface area contributed by atoms with Crippen LogP contribution in [0.4, 0.5) is 0 Å². The van der Waals surface area contributed by atoms with E-state index in [-0.39, 0.29) is 12.1 Å². The topological polar surface area (TPSA) is 49.5 Å². The lowest BCUT2D eigenvalue weighted by Gasteiger charge is -2.29. The first kappa shape index (κ1) is 10.9. The van der Waals surface area contributed by atoms with Crippen molar-refractivity contribution in [3.05, 3.63) is 0 Å². The van der Waals surface area contributed by atoms with Gasteiger partial charge in [0, 0.05) is 12.6 Å². The molecule has 3 atom stereocenters. The van der Waals surface area contributed by atoms with Gasteiger partial charge in [0.05, 0.1) is 17.1 Å². The average molecular weight is 202 g/mol. The molecule has 1 rings (SSSR count). The monoisotopic (exact) mass is 202 g/mol.